The summed E-state index contributed by atoms with van der Waals surface area (Å²) in [4.78, 5) is 17.3. The van der Waals surface area contributed by atoms with E-state index in [1.165, 1.54) is 0 Å². The van der Waals surface area contributed by atoms with Crippen molar-refractivity contribution >= 4 is 44.7 Å². The first kappa shape index (κ1) is 16.8. The summed E-state index contributed by atoms with van der Waals surface area (Å²) >= 11 is 7.77. The van der Waals surface area contributed by atoms with Gasteiger partial charge in [0.15, 0.2) is 0 Å². The Hall–Kier alpha value is -2.69. The van der Waals surface area contributed by atoms with Gasteiger partial charge in [-0.3, -0.25) is 4.79 Å². The maximum Gasteiger partial charge on any atom is 0.257 e. The molecule has 26 heavy (non-hydrogen) atoms. The van der Waals surface area contributed by atoms with E-state index in [0.29, 0.717) is 10.6 Å². The normalized spacial score (nSPS) is 10.8. The van der Waals surface area contributed by atoms with Crippen LogP contribution < -0.4 is 5.32 Å². The highest BCUT2D eigenvalue weighted by Crippen LogP contribution is 2.32. The van der Waals surface area contributed by atoms with Crippen molar-refractivity contribution in [3.8, 4) is 10.6 Å². The molecule has 0 atom stereocenters. The number of carbonyl (C=O) groups excluding carboxylic acids is 1. The van der Waals surface area contributed by atoms with Crippen molar-refractivity contribution in [1.29, 1.82) is 0 Å². The molecule has 5 heteroatoms. The number of anilines is 1. The first-order valence-electron chi connectivity index (χ1n) is 8.14. The van der Waals surface area contributed by atoms with E-state index < -0.39 is 0 Å². The van der Waals surface area contributed by atoms with Gasteiger partial charge in [0, 0.05) is 11.3 Å². The summed E-state index contributed by atoms with van der Waals surface area (Å²) in [5.74, 6) is -0.222. The van der Waals surface area contributed by atoms with Crippen molar-refractivity contribution in [2.45, 2.75) is 6.92 Å². The van der Waals surface area contributed by atoms with Crippen molar-refractivity contribution < 1.29 is 4.79 Å². The van der Waals surface area contributed by atoms with Gasteiger partial charge in [0.05, 0.1) is 20.8 Å². The maximum atomic E-state index is 12.6. The average Bonchev–Trinajstić information content (AvgIpc) is 3.08. The summed E-state index contributed by atoms with van der Waals surface area (Å²) in [7, 11) is 0. The first-order valence-corrected chi connectivity index (χ1v) is 9.34. The molecule has 3 aromatic carbocycles. The van der Waals surface area contributed by atoms with Crippen LogP contribution in [0.2, 0.25) is 5.02 Å². The number of carbonyl (C=O) groups is 1. The molecule has 3 nitrogen and oxygen atoms in total. The fourth-order valence-electron chi connectivity index (χ4n) is 2.72. The number of nitrogens with one attached hydrogen (secondary N) is 1. The van der Waals surface area contributed by atoms with E-state index in [4.69, 9.17) is 11.6 Å². The van der Waals surface area contributed by atoms with Crippen LogP contribution in [0, 0.1) is 6.92 Å². The minimum Gasteiger partial charge on any atom is -0.322 e. The van der Waals surface area contributed by atoms with Gasteiger partial charge in [-0.1, -0.05) is 48.0 Å². The zero-order valence-electron chi connectivity index (χ0n) is 14.0. The van der Waals surface area contributed by atoms with Crippen molar-refractivity contribution in [2.24, 2.45) is 0 Å². The number of para-hydroxylation sites is 1. The van der Waals surface area contributed by atoms with Crippen molar-refractivity contribution in [3.63, 3.8) is 0 Å². The molecule has 0 aliphatic heterocycles. The van der Waals surface area contributed by atoms with E-state index in [9.17, 15) is 4.79 Å². The van der Waals surface area contributed by atoms with E-state index in [1.54, 1.807) is 35.6 Å². The zero-order chi connectivity index (χ0) is 18.1. The van der Waals surface area contributed by atoms with Crippen molar-refractivity contribution in [1.82, 2.24) is 4.98 Å². The predicted molar refractivity (Wildman–Crippen MR) is 109 cm³/mol. The maximum absolute atomic E-state index is 12.6. The molecule has 0 saturated carbocycles. The molecule has 4 rings (SSSR count). The SMILES string of the molecule is Cc1ccc(-c2nc3ccccc3s2)cc1NC(=O)c1ccccc1Cl. The van der Waals surface area contributed by atoms with Crippen molar-refractivity contribution in [2.75, 3.05) is 5.32 Å². The lowest BCUT2D eigenvalue weighted by atomic mass is 10.1. The van der Waals surface area contributed by atoms with Gasteiger partial charge >= 0.3 is 0 Å². The number of thiazole rings is 1. The summed E-state index contributed by atoms with van der Waals surface area (Å²) in [6.07, 6.45) is 0. The lowest BCUT2D eigenvalue weighted by molar-refractivity contribution is 0.102. The van der Waals surface area contributed by atoms with Crippen LogP contribution in [0.1, 0.15) is 15.9 Å². The topological polar surface area (TPSA) is 42.0 Å². The second-order valence-electron chi connectivity index (χ2n) is 5.95. The summed E-state index contributed by atoms with van der Waals surface area (Å²) in [5, 5.41) is 4.33. The molecule has 0 bridgehead atoms. The van der Waals surface area contributed by atoms with Crippen LogP contribution in [0.3, 0.4) is 0 Å². The fraction of sp³-hybridized carbons (Fsp3) is 0.0476. The Morgan fingerprint density at radius 1 is 1.04 bits per heavy atom. The molecule has 128 valence electrons. The number of hydrogen-bond donors (Lipinski definition) is 1. The van der Waals surface area contributed by atoms with Crippen LogP contribution in [-0.4, -0.2) is 10.9 Å². The molecular formula is C21H15ClN2OS. The number of amides is 1. The summed E-state index contributed by atoms with van der Waals surface area (Å²) in [6.45, 7) is 1.96. The second-order valence-corrected chi connectivity index (χ2v) is 7.39. The highest BCUT2D eigenvalue weighted by atomic mass is 35.5. The number of benzene rings is 3. The second kappa shape index (κ2) is 6.90. The number of hydrogen-bond acceptors (Lipinski definition) is 3. The summed E-state index contributed by atoms with van der Waals surface area (Å²) < 4.78 is 1.14. The standard InChI is InChI=1S/C21H15ClN2OS/c1-13-10-11-14(21-24-17-8-4-5-9-19(17)26-21)12-18(13)23-20(25)15-6-2-3-7-16(15)22/h2-12H,1H3,(H,23,25). The molecule has 0 fully saturated rings. The number of nitrogens with zero attached hydrogens (tertiary/aromatic N) is 1. The van der Waals surface area contributed by atoms with E-state index in [-0.39, 0.29) is 5.91 Å². The Morgan fingerprint density at radius 2 is 1.81 bits per heavy atom. The molecule has 0 radical (unpaired) electrons. The van der Waals surface area contributed by atoms with Gasteiger partial charge in [0.2, 0.25) is 0 Å². The minimum absolute atomic E-state index is 0.222. The molecule has 4 aromatic rings. The van der Waals surface area contributed by atoms with Crippen LogP contribution in [0.4, 0.5) is 5.69 Å². The molecule has 0 spiro atoms. The van der Waals surface area contributed by atoms with Crippen LogP contribution in [0.5, 0.6) is 0 Å². The lowest BCUT2D eigenvalue weighted by Gasteiger charge is -2.10. The number of halogens is 1. The third-order valence-corrected chi connectivity index (χ3v) is 5.56. The largest absolute Gasteiger partial charge is 0.322 e. The van der Waals surface area contributed by atoms with Gasteiger partial charge in [0.25, 0.3) is 5.91 Å². The fourth-order valence-corrected chi connectivity index (χ4v) is 3.90. The molecule has 0 aliphatic carbocycles. The van der Waals surface area contributed by atoms with Gasteiger partial charge in [-0.2, -0.15) is 0 Å². The summed E-state index contributed by atoms with van der Waals surface area (Å²) in [5.41, 5.74) is 4.15. The Labute approximate surface area is 160 Å². The predicted octanol–water partition coefficient (Wildman–Crippen LogP) is 6.18. The molecule has 1 aromatic heterocycles. The van der Waals surface area contributed by atoms with Crippen LogP contribution in [0.25, 0.3) is 20.8 Å². The van der Waals surface area contributed by atoms with E-state index >= 15 is 0 Å². The Kier molecular flexibility index (Phi) is 4.45. The van der Waals surface area contributed by atoms with Crippen LogP contribution in [0.15, 0.2) is 66.7 Å². The van der Waals surface area contributed by atoms with Crippen LogP contribution >= 0.6 is 22.9 Å². The van der Waals surface area contributed by atoms with Gasteiger partial charge in [-0.05, 0) is 42.8 Å². The lowest BCUT2D eigenvalue weighted by Crippen LogP contribution is -2.13. The molecule has 0 unspecified atom stereocenters. The first-order chi connectivity index (χ1) is 12.6. The smallest absolute Gasteiger partial charge is 0.257 e. The molecule has 1 N–H and O–H groups in total. The van der Waals surface area contributed by atoms with Gasteiger partial charge in [-0.15, -0.1) is 11.3 Å². The van der Waals surface area contributed by atoms with Gasteiger partial charge in [0.1, 0.15) is 5.01 Å². The highest BCUT2D eigenvalue weighted by Gasteiger charge is 2.13. The molecule has 0 saturated heterocycles. The minimum atomic E-state index is -0.222. The Morgan fingerprint density at radius 3 is 2.62 bits per heavy atom. The number of aryl methyl sites for hydroxylation is 1. The monoisotopic (exact) mass is 378 g/mol. The number of aromatic nitrogens is 1. The van der Waals surface area contributed by atoms with Crippen molar-refractivity contribution in [3.05, 3.63) is 82.9 Å². The van der Waals surface area contributed by atoms with Crippen LogP contribution in [-0.2, 0) is 0 Å². The quantitative estimate of drug-likeness (QED) is 0.462. The third-order valence-electron chi connectivity index (χ3n) is 4.15. The Balaban J connectivity index is 1.68. The van der Waals surface area contributed by atoms with Gasteiger partial charge in [-0.25, -0.2) is 4.98 Å². The number of fused-ring (bicyclic) bond motifs is 1. The van der Waals surface area contributed by atoms with E-state index in [0.717, 1.165) is 32.0 Å². The summed E-state index contributed by atoms with van der Waals surface area (Å²) in [6, 6.07) is 21.1. The highest BCUT2D eigenvalue weighted by molar-refractivity contribution is 7.21. The van der Waals surface area contributed by atoms with Gasteiger partial charge < -0.3 is 5.32 Å². The van der Waals surface area contributed by atoms with E-state index in [1.807, 2.05) is 43.3 Å². The average molecular weight is 379 g/mol. The molecule has 1 amide bonds. The zero-order valence-corrected chi connectivity index (χ0v) is 15.6. The third kappa shape index (κ3) is 3.21. The molecular weight excluding hydrogens is 364 g/mol. The Bertz CT molecular complexity index is 1090. The molecule has 1 heterocycles. The molecule has 0 aliphatic rings. The number of rotatable bonds is 3. The van der Waals surface area contributed by atoms with E-state index in [2.05, 4.69) is 16.4 Å².